The van der Waals surface area contributed by atoms with Crippen LogP contribution in [0.15, 0.2) is 36.0 Å². The van der Waals surface area contributed by atoms with E-state index >= 15 is 0 Å². The Morgan fingerprint density at radius 1 is 1.33 bits per heavy atom. The maximum Gasteiger partial charge on any atom is 0.163 e. The lowest BCUT2D eigenvalue weighted by Crippen LogP contribution is -2.34. The number of nitrogens with one attached hydrogen (secondary N) is 1. The van der Waals surface area contributed by atoms with Crippen LogP contribution in [0.3, 0.4) is 0 Å². The molecular formula is C17H21NO3. The van der Waals surface area contributed by atoms with Crippen molar-refractivity contribution in [2.45, 2.75) is 39.7 Å². The Bertz CT molecular complexity index is 585. The van der Waals surface area contributed by atoms with Gasteiger partial charge in [0.15, 0.2) is 11.6 Å². The number of carbonyl (C=O) groups excluding carboxylic acids is 2. The number of carbonyl (C=O) groups is 2. The molecule has 1 aromatic carbocycles. The van der Waals surface area contributed by atoms with Crippen LogP contribution < -0.4 is 5.32 Å². The molecule has 0 aliphatic heterocycles. The summed E-state index contributed by atoms with van der Waals surface area (Å²) < 4.78 is 0. The third-order valence-electron chi connectivity index (χ3n) is 3.75. The van der Waals surface area contributed by atoms with Crippen molar-refractivity contribution in [1.82, 2.24) is 0 Å². The summed E-state index contributed by atoms with van der Waals surface area (Å²) in [4.78, 5) is 23.3. The van der Waals surface area contributed by atoms with E-state index in [9.17, 15) is 14.7 Å². The van der Waals surface area contributed by atoms with Gasteiger partial charge in [-0.1, -0.05) is 13.8 Å². The molecule has 0 spiro atoms. The van der Waals surface area contributed by atoms with E-state index in [4.69, 9.17) is 0 Å². The lowest BCUT2D eigenvalue weighted by molar-refractivity contribution is -0.121. The summed E-state index contributed by atoms with van der Waals surface area (Å²) in [5.41, 5.74) is 1.68. The lowest BCUT2D eigenvalue weighted by atomic mass is 9.73. The van der Waals surface area contributed by atoms with Crippen molar-refractivity contribution in [1.29, 1.82) is 0 Å². The van der Waals surface area contributed by atoms with Crippen LogP contribution in [0.5, 0.6) is 0 Å². The monoisotopic (exact) mass is 287 g/mol. The van der Waals surface area contributed by atoms with Crippen LogP contribution in [-0.4, -0.2) is 22.8 Å². The summed E-state index contributed by atoms with van der Waals surface area (Å²) in [6, 6.07) is 7.01. The highest BCUT2D eigenvalue weighted by molar-refractivity contribution is 5.98. The van der Waals surface area contributed by atoms with E-state index < -0.39 is 6.10 Å². The molecule has 0 amide bonds. The number of ketones is 2. The summed E-state index contributed by atoms with van der Waals surface area (Å²) >= 11 is 0. The Kier molecular flexibility index (Phi) is 4.28. The van der Waals surface area contributed by atoms with Gasteiger partial charge in [0.25, 0.3) is 0 Å². The SMILES string of the molecule is CC(=O)c1ccc(N/C=C2\C(=O)CC(C)(C)CC2O)cc1. The highest BCUT2D eigenvalue weighted by Gasteiger charge is 2.35. The summed E-state index contributed by atoms with van der Waals surface area (Å²) in [7, 11) is 0. The number of hydrogen-bond donors (Lipinski definition) is 2. The first-order chi connectivity index (χ1) is 9.78. The van der Waals surface area contributed by atoms with Crippen molar-refractivity contribution in [2.75, 3.05) is 5.32 Å². The fourth-order valence-electron chi connectivity index (χ4n) is 2.57. The maximum atomic E-state index is 12.1. The second-order valence-electron chi connectivity index (χ2n) is 6.36. The largest absolute Gasteiger partial charge is 0.388 e. The molecule has 1 atom stereocenters. The number of hydrogen-bond acceptors (Lipinski definition) is 4. The molecule has 1 saturated carbocycles. The molecule has 4 nitrogen and oxygen atoms in total. The van der Waals surface area contributed by atoms with Crippen molar-refractivity contribution in [3.63, 3.8) is 0 Å². The van der Waals surface area contributed by atoms with Crippen molar-refractivity contribution in [3.05, 3.63) is 41.6 Å². The van der Waals surface area contributed by atoms with Gasteiger partial charge in [-0.3, -0.25) is 9.59 Å². The van der Waals surface area contributed by atoms with Gasteiger partial charge in [-0.15, -0.1) is 0 Å². The second-order valence-corrected chi connectivity index (χ2v) is 6.36. The van der Waals surface area contributed by atoms with Crippen LogP contribution in [0.2, 0.25) is 0 Å². The summed E-state index contributed by atoms with van der Waals surface area (Å²) in [6.07, 6.45) is 1.87. The van der Waals surface area contributed by atoms with Crippen LogP contribution in [0.25, 0.3) is 0 Å². The minimum absolute atomic E-state index is 0.0139. The highest BCUT2D eigenvalue weighted by Crippen LogP contribution is 2.35. The molecule has 1 aromatic rings. The van der Waals surface area contributed by atoms with Crippen LogP contribution in [0.1, 0.15) is 44.0 Å². The topological polar surface area (TPSA) is 66.4 Å². The van der Waals surface area contributed by atoms with Gasteiger partial charge in [-0.25, -0.2) is 0 Å². The zero-order valence-corrected chi connectivity index (χ0v) is 12.6. The Morgan fingerprint density at radius 2 is 1.95 bits per heavy atom. The van der Waals surface area contributed by atoms with Gasteiger partial charge in [0, 0.05) is 29.4 Å². The molecule has 1 aliphatic carbocycles. The standard InChI is InChI=1S/C17H21NO3/c1-11(19)12-4-6-13(7-5-12)18-10-14-15(20)8-17(2,3)9-16(14)21/h4-7,10,15,18,20H,8-9H2,1-3H3/b14-10-. The zero-order chi connectivity index (χ0) is 15.6. The normalized spacial score (nSPS) is 23.1. The van der Waals surface area contributed by atoms with Crippen LogP contribution in [0.4, 0.5) is 5.69 Å². The van der Waals surface area contributed by atoms with Crippen molar-refractivity contribution >= 4 is 17.3 Å². The Morgan fingerprint density at radius 3 is 2.48 bits per heavy atom. The van der Waals surface area contributed by atoms with Gasteiger partial charge in [0.05, 0.1) is 6.10 Å². The van der Waals surface area contributed by atoms with Crippen molar-refractivity contribution < 1.29 is 14.7 Å². The summed E-state index contributed by atoms with van der Waals surface area (Å²) in [6.45, 7) is 5.49. The van der Waals surface area contributed by atoms with E-state index in [2.05, 4.69) is 5.32 Å². The first-order valence-electron chi connectivity index (χ1n) is 7.07. The molecule has 0 saturated heterocycles. The molecule has 0 aromatic heterocycles. The molecule has 0 bridgehead atoms. The molecule has 21 heavy (non-hydrogen) atoms. The van der Waals surface area contributed by atoms with Gasteiger partial charge < -0.3 is 10.4 Å². The molecule has 2 N–H and O–H groups in total. The van der Waals surface area contributed by atoms with Crippen LogP contribution >= 0.6 is 0 Å². The zero-order valence-electron chi connectivity index (χ0n) is 12.6. The number of aliphatic hydroxyl groups is 1. The average molecular weight is 287 g/mol. The minimum atomic E-state index is -0.731. The molecule has 1 fully saturated rings. The van der Waals surface area contributed by atoms with E-state index in [1.165, 1.54) is 6.92 Å². The fourth-order valence-corrected chi connectivity index (χ4v) is 2.57. The van der Waals surface area contributed by atoms with E-state index in [0.717, 1.165) is 5.69 Å². The average Bonchev–Trinajstić information content (AvgIpc) is 2.36. The van der Waals surface area contributed by atoms with Crippen LogP contribution in [-0.2, 0) is 4.79 Å². The lowest BCUT2D eigenvalue weighted by Gasteiger charge is -2.33. The highest BCUT2D eigenvalue weighted by atomic mass is 16.3. The first-order valence-corrected chi connectivity index (χ1v) is 7.07. The van der Waals surface area contributed by atoms with Crippen molar-refractivity contribution in [3.8, 4) is 0 Å². The third-order valence-corrected chi connectivity index (χ3v) is 3.75. The fraction of sp³-hybridized carbons (Fsp3) is 0.412. The van der Waals surface area contributed by atoms with Gasteiger partial charge in [0.2, 0.25) is 0 Å². The number of anilines is 1. The van der Waals surface area contributed by atoms with Crippen LogP contribution in [0, 0.1) is 5.41 Å². The smallest absolute Gasteiger partial charge is 0.163 e. The second kappa shape index (κ2) is 5.82. The summed E-state index contributed by atoms with van der Waals surface area (Å²) in [5.74, 6) is -0.00776. The minimum Gasteiger partial charge on any atom is -0.388 e. The van der Waals surface area contributed by atoms with Crippen molar-refractivity contribution in [2.24, 2.45) is 5.41 Å². The summed E-state index contributed by atoms with van der Waals surface area (Å²) in [5, 5.41) is 13.1. The van der Waals surface area contributed by atoms with E-state index in [1.807, 2.05) is 13.8 Å². The molecule has 1 aliphatic rings. The first kappa shape index (κ1) is 15.4. The molecule has 0 radical (unpaired) electrons. The number of aliphatic hydroxyl groups excluding tert-OH is 1. The predicted molar refractivity (Wildman–Crippen MR) is 82.2 cm³/mol. The molecule has 4 heteroatoms. The Balaban J connectivity index is 2.10. The molecule has 2 rings (SSSR count). The molecular weight excluding hydrogens is 266 g/mol. The molecule has 0 heterocycles. The number of rotatable bonds is 3. The van der Waals surface area contributed by atoms with Gasteiger partial charge in [-0.05, 0) is 43.0 Å². The quantitative estimate of drug-likeness (QED) is 0.662. The Hall–Kier alpha value is -1.94. The van der Waals surface area contributed by atoms with Gasteiger partial charge in [-0.2, -0.15) is 0 Å². The Labute approximate surface area is 124 Å². The van der Waals surface area contributed by atoms with E-state index in [1.54, 1.807) is 30.5 Å². The molecule has 112 valence electrons. The number of Topliss-reactive ketones (excluding diaryl/α,β-unsaturated/α-hetero) is 2. The third kappa shape index (κ3) is 3.79. The molecule has 1 unspecified atom stereocenters. The van der Waals surface area contributed by atoms with Gasteiger partial charge in [0.1, 0.15) is 0 Å². The van der Waals surface area contributed by atoms with E-state index in [0.29, 0.717) is 24.0 Å². The maximum absolute atomic E-state index is 12.1. The van der Waals surface area contributed by atoms with Gasteiger partial charge >= 0.3 is 0 Å². The predicted octanol–water partition coefficient (Wildman–Crippen LogP) is 2.94. The number of benzene rings is 1. The van der Waals surface area contributed by atoms with E-state index in [-0.39, 0.29) is 17.0 Å².